The molecule has 26 heavy (non-hydrogen) atoms. The third kappa shape index (κ3) is 2.36. The number of aryl methyl sites for hydroxylation is 1. The third-order valence-electron chi connectivity index (χ3n) is 4.40. The van der Waals surface area contributed by atoms with Crippen LogP contribution in [0.15, 0.2) is 40.8 Å². The molecular formula is C19H15N3O3S. The van der Waals surface area contributed by atoms with Crippen LogP contribution in [0.5, 0.6) is 5.75 Å². The average molecular weight is 365 g/mol. The monoisotopic (exact) mass is 365 g/mol. The molecule has 0 spiro atoms. The molecule has 3 aromatic heterocycles. The summed E-state index contributed by atoms with van der Waals surface area (Å²) in [4.78, 5) is 31.1. The number of hydrogen-bond donors (Lipinski definition) is 2. The van der Waals surface area contributed by atoms with Crippen molar-refractivity contribution < 1.29 is 9.53 Å². The van der Waals surface area contributed by atoms with Crippen molar-refractivity contribution in [3.8, 4) is 16.9 Å². The first-order chi connectivity index (χ1) is 12.5. The summed E-state index contributed by atoms with van der Waals surface area (Å²) in [7, 11) is 1.59. The van der Waals surface area contributed by atoms with Crippen LogP contribution in [0.25, 0.3) is 32.1 Å². The summed E-state index contributed by atoms with van der Waals surface area (Å²) in [5, 5.41) is 3.59. The Balaban J connectivity index is 2.22. The zero-order valence-electron chi connectivity index (χ0n) is 14.1. The number of H-pyrrole nitrogens is 1. The predicted molar refractivity (Wildman–Crippen MR) is 103 cm³/mol. The number of fused-ring (bicyclic) bond motifs is 3. The number of aromatic amines is 1. The number of pyridine rings is 2. The summed E-state index contributed by atoms with van der Waals surface area (Å²) in [6.45, 7) is 1.92. The van der Waals surface area contributed by atoms with Crippen molar-refractivity contribution in [2.45, 2.75) is 6.92 Å². The molecule has 1 aromatic carbocycles. The SMILES string of the molecule is COc1cc(C)c2[nH]c(=O)c3sccc3c2c1-c1cncc(C(N)=O)c1. The van der Waals surface area contributed by atoms with Gasteiger partial charge in [0, 0.05) is 34.3 Å². The summed E-state index contributed by atoms with van der Waals surface area (Å²) >= 11 is 1.39. The number of benzene rings is 1. The normalized spacial score (nSPS) is 11.2. The molecule has 0 radical (unpaired) electrons. The van der Waals surface area contributed by atoms with Crippen LogP contribution in [-0.4, -0.2) is 23.0 Å². The molecule has 0 unspecified atom stereocenters. The Bertz CT molecular complexity index is 1240. The number of carbonyl (C=O) groups excluding carboxylic acids is 1. The third-order valence-corrected chi connectivity index (χ3v) is 5.31. The van der Waals surface area contributed by atoms with E-state index in [1.54, 1.807) is 19.4 Å². The Kier molecular flexibility index (Phi) is 3.73. The lowest BCUT2D eigenvalue weighted by Crippen LogP contribution is -2.11. The minimum absolute atomic E-state index is 0.120. The number of aromatic nitrogens is 2. The minimum atomic E-state index is -0.552. The lowest BCUT2D eigenvalue weighted by molar-refractivity contribution is 0.1000. The highest BCUT2D eigenvalue weighted by molar-refractivity contribution is 7.17. The van der Waals surface area contributed by atoms with Crippen LogP contribution in [0.2, 0.25) is 0 Å². The van der Waals surface area contributed by atoms with Crippen LogP contribution in [0, 0.1) is 6.92 Å². The highest BCUT2D eigenvalue weighted by atomic mass is 32.1. The van der Waals surface area contributed by atoms with E-state index in [0.29, 0.717) is 21.6 Å². The zero-order chi connectivity index (χ0) is 18.4. The molecule has 3 heterocycles. The lowest BCUT2D eigenvalue weighted by atomic mass is 9.95. The van der Waals surface area contributed by atoms with Gasteiger partial charge >= 0.3 is 0 Å². The van der Waals surface area contributed by atoms with Gasteiger partial charge in [0.15, 0.2) is 0 Å². The van der Waals surface area contributed by atoms with Gasteiger partial charge in [-0.2, -0.15) is 0 Å². The molecule has 0 fully saturated rings. The summed E-state index contributed by atoms with van der Waals surface area (Å²) < 4.78 is 6.26. The van der Waals surface area contributed by atoms with Crippen LogP contribution < -0.4 is 16.0 Å². The molecule has 0 aliphatic carbocycles. The number of ether oxygens (including phenoxy) is 1. The highest BCUT2D eigenvalue weighted by Gasteiger charge is 2.19. The number of carbonyl (C=O) groups is 1. The van der Waals surface area contributed by atoms with Gasteiger partial charge in [0.05, 0.1) is 18.2 Å². The van der Waals surface area contributed by atoms with Crippen molar-refractivity contribution >= 4 is 38.2 Å². The second kappa shape index (κ2) is 5.96. The van der Waals surface area contributed by atoms with Crippen molar-refractivity contribution in [1.82, 2.24) is 9.97 Å². The molecule has 4 aromatic rings. The first-order valence-electron chi connectivity index (χ1n) is 7.87. The molecule has 7 heteroatoms. The maximum atomic E-state index is 12.4. The molecule has 0 saturated carbocycles. The fourth-order valence-corrected chi connectivity index (χ4v) is 4.02. The summed E-state index contributed by atoms with van der Waals surface area (Å²) in [5.41, 5.74) is 8.69. The molecule has 3 N–H and O–H groups in total. The molecule has 130 valence electrons. The second-order valence-electron chi connectivity index (χ2n) is 5.96. The first kappa shape index (κ1) is 16.3. The Labute approximate surface area is 152 Å². The van der Waals surface area contributed by atoms with E-state index in [4.69, 9.17) is 10.5 Å². The predicted octanol–water partition coefficient (Wildman–Crippen LogP) is 3.22. The van der Waals surface area contributed by atoms with Gasteiger partial charge in [0.2, 0.25) is 5.91 Å². The van der Waals surface area contributed by atoms with Crippen molar-refractivity contribution in [1.29, 1.82) is 0 Å². The summed E-state index contributed by atoms with van der Waals surface area (Å²) in [6, 6.07) is 5.47. The van der Waals surface area contributed by atoms with Gasteiger partial charge in [-0.3, -0.25) is 14.6 Å². The van der Waals surface area contributed by atoms with E-state index >= 15 is 0 Å². The molecule has 0 aliphatic rings. The van der Waals surface area contributed by atoms with Crippen molar-refractivity contribution in [2.24, 2.45) is 5.73 Å². The smallest absolute Gasteiger partial charge is 0.266 e. The minimum Gasteiger partial charge on any atom is -0.496 e. The maximum absolute atomic E-state index is 12.4. The van der Waals surface area contributed by atoms with Crippen molar-refractivity contribution in [3.63, 3.8) is 0 Å². The number of methoxy groups -OCH3 is 1. The Hall–Kier alpha value is -3.19. The van der Waals surface area contributed by atoms with Crippen LogP contribution >= 0.6 is 11.3 Å². The van der Waals surface area contributed by atoms with Gasteiger partial charge in [-0.25, -0.2) is 0 Å². The van der Waals surface area contributed by atoms with E-state index in [1.807, 2.05) is 24.4 Å². The van der Waals surface area contributed by atoms with Gasteiger partial charge in [0.1, 0.15) is 10.4 Å². The molecule has 0 saturated heterocycles. The Morgan fingerprint density at radius 3 is 2.85 bits per heavy atom. The van der Waals surface area contributed by atoms with Gasteiger partial charge in [-0.15, -0.1) is 11.3 Å². The molecule has 1 amide bonds. The van der Waals surface area contributed by atoms with Crippen LogP contribution in [0.3, 0.4) is 0 Å². The van der Waals surface area contributed by atoms with E-state index in [1.165, 1.54) is 17.5 Å². The van der Waals surface area contributed by atoms with Crippen molar-refractivity contribution in [3.05, 3.63) is 57.5 Å². The number of nitrogens with two attached hydrogens (primary N) is 1. The van der Waals surface area contributed by atoms with E-state index in [-0.39, 0.29) is 5.56 Å². The highest BCUT2D eigenvalue weighted by Crippen LogP contribution is 2.41. The molecular weight excluding hydrogens is 350 g/mol. The number of nitrogens with one attached hydrogen (secondary N) is 1. The zero-order valence-corrected chi connectivity index (χ0v) is 14.9. The number of thiophene rings is 1. The summed E-state index contributed by atoms with van der Waals surface area (Å²) in [6.07, 6.45) is 3.08. The Morgan fingerprint density at radius 1 is 1.31 bits per heavy atom. The fourth-order valence-electron chi connectivity index (χ4n) is 3.23. The largest absolute Gasteiger partial charge is 0.496 e. The molecule has 0 atom stereocenters. The van der Waals surface area contributed by atoms with Gasteiger partial charge in [-0.1, -0.05) is 0 Å². The lowest BCUT2D eigenvalue weighted by Gasteiger charge is -2.15. The molecule has 6 nitrogen and oxygen atoms in total. The van der Waals surface area contributed by atoms with Crippen molar-refractivity contribution in [2.75, 3.05) is 7.11 Å². The van der Waals surface area contributed by atoms with Crippen LogP contribution in [0.4, 0.5) is 0 Å². The molecule has 4 rings (SSSR count). The van der Waals surface area contributed by atoms with Crippen LogP contribution in [0.1, 0.15) is 15.9 Å². The first-order valence-corrected chi connectivity index (χ1v) is 8.75. The molecule has 0 aliphatic heterocycles. The number of amides is 1. The fraction of sp³-hybridized carbons (Fsp3) is 0.105. The van der Waals surface area contributed by atoms with E-state index < -0.39 is 5.91 Å². The second-order valence-corrected chi connectivity index (χ2v) is 6.88. The maximum Gasteiger partial charge on any atom is 0.266 e. The Morgan fingerprint density at radius 2 is 2.12 bits per heavy atom. The standard InChI is InChI=1S/C19H15N3O3S/c1-9-5-13(25-2)14(10-6-11(18(20)23)8-21-7-10)15-12-3-4-26-17(12)19(24)22-16(9)15/h3-8H,1-2H3,(H2,20,23)(H,22,24). The van der Waals surface area contributed by atoms with Gasteiger partial charge in [0.25, 0.3) is 5.56 Å². The van der Waals surface area contributed by atoms with Gasteiger partial charge < -0.3 is 15.5 Å². The van der Waals surface area contributed by atoms with E-state index in [2.05, 4.69) is 9.97 Å². The van der Waals surface area contributed by atoms with Crippen LogP contribution in [-0.2, 0) is 0 Å². The molecule has 0 bridgehead atoms. The number of nitrogens with zero attached hydrogens (tertiary/aromatic N) is 1. The number of hydrogen-bond acceptors (Lipinski definition) is 5. The van der Waals surface area contributed by atoms with E-state index in [9.17, 15) is 9.59 Å². The topological polar surface area (TPSA) is 98.1 Å². The van der Waals surface area contributed by atoms with E-state index in [0.717, 1.165) is 27.4 Å². The summed E-state index contributed by atoms with van der Waals surface area (Å²) in [5.74, 6) is 0.0850. The van der Waals surface area contributed by atoms with Gasteiger partial charge in [-0.05, 0) is 36.1 Å². The number of rotatable bonds is 3. The quantitative estimate of drug-likeness (QED) is 0.582. The number of primary amides is 1. The average Bonchev–Trinajstić information content (AvgIpc) is 3.13.